The molecule has 1 aromatic heterocycles. The first-order chi connectivity index (χ1) is 6.79. The largest absolute Gasteiger partial charge is 0.465 e. The van der Waals surface area contributed by atoms with Crippen LogP contribution in [0.3, 0.4) is 0 Å². The van der Waals surface area contributed by atoms with Crippen molar-refractivity contribution in [3.8, 4) is 0 Å². The van der Waals surface area contributed by atoms with Crippen molar-refractivity contribution in [3.63, 3.8) is 0 Å². The van der Waals surface area contributed by atoms with Crippen molar-refractivity contribution in [1.82, 2.24) is 0 Å². The number of hydrogen-bond donors (Lipinski definition) is 0. The molecule has 0 spiro atoms. The maximum atomic E-state index is 11.8. The van der Waals surface area contributed by atoms with Gasteiger partial charge in [-0.25, -0.2) is 0 Å². The van der Waals surface area contributed by atoms with Gasteiger partial charge in [-0.3, -0.25) is 4.79 Å². The topological polar surface area (TPSA) is 35.5 Å². The van der Waals surface area contributed by atoms with E-state index >= 15 is 0 Å². The highest BCUT2D eigenvalue weighted by Crippen LogP contribution is 2.36. The van der Waals surface area contributed by atoms with Gasteiger partial charge in [-0.2, -0.15) is 0 Å². The minimum atomic E-state index is -0.510. The predicted octanol–water partition coefficient (Wildman–Crippen LogP) is 1.58. The smallest absolute Gasteiger partial charge is 0.322 e. The quantitative estimate of drug-likeness (QED) is 0.714. The van der Waals surface area contributed by atoms with E-state index in [4.69, 9.17) is 9.47 Å². The van der Waals surface area contributed by atoms with Crippen LogP contribution in [-0.2, 0) is 19.7 Å². The number of rotatable bonds is 3. The predicted molar refractivity (Wildman–Crippen MR) is 53.4 cm³/mol. The SMILES string of the molecule is CCOC(=O)C1(c2cccs2)COC1. The summed E-state index contributed by atoms with van der Waals surface area (Å²) < 4.78 is 10.2. The van der Waals surface area contributed by atoms with E-state index in [1.54, 1.807) is 11.3 Å². The highest BCUT2D eigenvalue weighted by molar-refractivity contribution is 7.10. The number of carbonyl (C=O) groups is 1. The van der Waals surface area contributed by atoms with Crippen LogP contribution < -0.4 is 0 Å². The molecule has 2 rings (SSSR count). The van der Waals surface area contributed by atoms with E-state index < -0.39 is 5.41 Å². The van der Waals surface area contributed by atoms with Gasteiger partial charge < -0.3 is 9.47 Å². The van der Waals surface area contributed by atoms with E-state index in [9.17, 15) is 4.79 Å². The van der Waals surface area contributed by atoms with Gasteiger partial charge in [-0.05, 0) is 18.4 Å². The Kier molecular flexibility index (Phi) is 2.56. The fourth-order valence-electron chi connectivity index (χ4n) is 1.49. The number of thiophene rings is 1. The molecule has 1 aliphatic rings. The molecule has 0 atom stereocenters. The van der Waals surface area contributed by atoms with Crippen LogP contribution in [0.15, 0.2) is 17.5 Å². The number of carbonyl (C=O) groups excluding carboxylic acids is 1. The minimum absolute atomic E-state index is 0.159. The van der Waals surface area contributed by atoms with Crippen molar-refractivity contribution in [2.45, 2.75) is 12.3 Å². The number of ether oxygens (including phenoxy) is 2. The molecule has 0 unspecified atom stereocenters. The standard InChI is InChI=1S/C10H12O3S/c1-2-13-9(11)10(6-12-7-10)8-4-3-5-14-8/h3-5H,2,6-7H2,1H3. The molecule has 0 saturated carbocycles. The van der Waals surface area contributed by atoms with Gasteiger partial charge in [0.05, 0.1) is 19.8 Å². The summed E-state index contributed by atoms with van der Waals surface area (Å²) in [5, 5.41) is 1.97. The Morgan fingerprint density at radius 3 is 2.93 bits per heavy atom. The Morgan fingerprint density at radius 2 is 2.50 bits per heavy atom. The summed E-state index contributed by atoms with van der Waals surface area (Å²) in [7, 11) is 0. The van der Waals surface area contributed by atoms with E-state index in [0.717, 1.165) is 4.88 Å². The maximum absolute atomic E-state index is 11.8. The van der Waals surface area contributed by atoms with Crippen molar-refractivity contribution in [2.75, 3.05) is 19.8 Å². The van der Waals surface area contributed by atoms with E-state index in [-0.39, 0.29) is 5.97 Å². The van der Waals surface area contributed by atoms with Crippen LogP contribution in [0.25, 0.3) is 0 Å². The molecule has 0 N–H and O–H groups in total. The van der Waals surface area contributed by atoms with E-state index in [1.807, 2.05) is 24.4 Å². The Hall–Kier alpha value is -0.870. The summed E-state index contributed by atoms with van der Waals surface area (Å²) in [6, 6.07) is 3.91. The van der Waals surface area contributed by atoms with Gasteiger partial charge in [0.2, 0.25) is 0 Å². The van der Waals surface area contributed by atoms with Gasteiger partial charge in [-0.1, -0.05) is 6.07 Å². The molecule has 1 aromatic rings. The van der Waals surface area contributed by atoms with Gasteiger partial charge in [-0.15, -0.1) is 11.3 Å². The number of hydrogen-bond acceptors (Lipinski definition) is 4. The molecule has 0 amide bonds. The monoisotopic (exact) mass is 212 g/mol. The molecule has 3 nitrogen and oxygen atoms in total. The Balaban J connectivity index is 2.22. The van der Waals surface area contributed by atoms with Gasteiger partial charge in [0.25, 0.3) is 0 Å². The lowest BCUT2D eigenvalue weighted by molar-refractivity contribution is -0.168. The molecular weight excluding hydrogens is 200 g/mol. The van der Waals surface area contributed by atoms with Crippen LogP contribution in [0.4, 0.5) is 0 Å². The summed E-state index contributed by atoms with van der Waals surface area (Å²) in [4.78, 5) is 12.8. The molecule has 4 heteroatoms. The summed E-state index contributed by atoms with van der Waals surface area (Å²) in [5.74, 6) is -0.159. The lowest BCUT2D eigenvalue weighted by Crippen LogP contribution is -2.53. The average Bonchev–Trinajstić information content (AvgIpc) is 2.56. The lowest BCUT2D eigenvalue weighted by atomic mass is 9.84. The van der Waals surface area contributed by atoms with Crippen LogP contribution in [0.5, 0.6) is 0 Å². The van der Waals surface area contributed by atoms with Crippen molar-refractivity contribution >= 4 is 17.3 Å². The molecule has 1 saturated heterocycles. The van der Waals surface area contributed by atoms with Crippen LogP contribution >= 0.6 is 11.3 Å². The second-order valence-electron chi connectivity index (χ2n) is 3.27. The molecule has 14 heavy (non-hydrogen) atoms. The highest BCUT2D eigenvalue weighted by Gasteiger charge is 2.49. The third-order valence-electron chi connectivity index (χ3n) is 2.36. The third-order valence-corrected chi connectivity index (χ3v) is 3.43. The minimum Gasteiger partial charge on any atom is -0.465 e. The molecule has 2 heterocycles. The third kappa shape index (κ3) is 1.35. The van der Waals surface area contributed by atoms with Crippen molar-refractivity contribution in [3.05, 3.63) is 22.4 Å². The van der Waals surface area contributed by atoms with Crippen molar-refractivity contribution < 1.29 is 14.3 Å². The normalized spacial score (nSPS) is 18.6. The van der Waals surface area contributed by atoms with Crippen molar-refractivity contribution in [2.24, 2.45) is 0 Å². The second kappa shape index (κ2) is 3.71. The second-order valence-corrected chi connectivity index (χ2v) is 4.22. The fraction of sp³-hybridized carbons (Fsp3) is 0.500. The molecule has 76 valence electrons. The molecule has 0 bridgehead atoms. The van der Waals surface area contributed by atoms with Gasteiger partial charge in [0.15, 0.2) is 0 Å². The number of esters is 1. The first-order valence-corrected chi connectivity index (χ1v) is 5.46. The van der Waals surface area contributed by atoms with Gasteiger partial charge in [0, 0.05) is 4.88 Å². The van der Waals surface area contributed by atoms with Crippen LogP contribution in [-0.4, -0.2) is 25.8 Å². The van der Waals surface area contributed by atoms with Crippen molar-refractivity contribution in [1.29, 1.82) is 0 Å². The lowest BCUT2D eigenvalue weighted by Gasteiger charge is -2.37. The summed E-state index contributed by atoms with van der Waals surface area (Å²) in [6.07, 6.45) is 0. The van der Waals surface area contributed by atoms with Gasteiger partial charge >= 0.3 is 5.97 Å². The fourth-order valence-corrected chi connectivity index (χ4v) is 2.37. The van der Waals surface area contributed by atoms with Crippen LogP contribution in [0.1, 0.15) is 11.8 Å². The molecule has 0 radical (unpaired) electrons. The van der Waals surface area contributed by atoms with Crippen LogP contribution in [0, 0.1) is 0 Å². The average molecular weight is 212 g/mol. The highest BCUT2D eigenvalue weighted by atomic mass is 32.1. The summed E-state index contributed by atoms with van der Waals surface area (Å²) in [5.41, 5.74) is -0.510. The Morgan fingerprint density at radius 1 is 1.71 bits per heavy atom. The van der Waals surface area contributed by atoms with Crippen LogP contribution in [0.2, 0.25) is 0 Å². The molecule has 1 fully saturated rings. The van der Waals surface area contributed by atoms with E-state index in [2.05, 4.69) is 0 Å². The maximum Gasteiger partial charge on any atom is 0.322 e. The molecule has 0 aliphatic carbocycles. The zero-order valence-electron chi connectivity index (χ0n) is 7.99. The molecule has 1 aliphatic heterocycles. The first kappa shape index (κ1) is 9.68. The summed E-state index contributed by atoms with van der Waals surface area (Å²) in [6.45, 7) is 3.14. The summed E-state index contributed by atoms with van der Waals surface area (Å²) >= 11 is 1.58. The Labute approximate surface area is 86.6 Å². The molecular formula is C10H12O3S. The zero-order valence-corrected chi connectivity index (χ0v) is 8.80. The zero-order chi connectivity index (χ0) is 10.0. The molecule has 0 aromatic carbocycles. The first-order valence-electron chi connectivity index (χ1n) is 4.58. The van der Waals surface area contributed by atoms with Gasteiger partial charge in [0.1, 0.15) is 5.41 Å². The van der Waals surface area contributed by atoms with E-state index in [0.29, 0.717) is 19.8 Å². The van der Waals surface area contributed by atoms with E-state index in [1.165, 1.54) is 0 Å². The Bertz CT molecular complexity index is 314.